The molecule has 4 heteroatoms. The predicted octanol–water partition coefficient (Wildman–Crippen LogP) is 0.712. The Morgan fingerprint density at radius 2 is 1.92 bits per heavy atom. The van der Waals surface area contributed by atoms with Crippen LogP contribution in [0.2, 0.25) is 0 Å². The van der Waals surface area contributed by atoms with Gasteiger partial charge in [-0.05, 0) is 13.0 Å². The van der Waals surface area contributed by atoms with Crippen molar-refractivity contribution in [2.45, 2.75) is 24.9 Å². The first-order valence-corrected chi connectivity index (χ1v) is 4.24. The number of piperidine rings is 1. The third-order valence-corrected chi connectivity index (χ3v) is 2.23. The van der Waals surface area contributed by atoms with Crippen LogP contribution in [0.1, 0.15) is 12.8 Å². The molecule has 0 aromatic carbocycles. The number of hydrogen-bond donors (Lipinski definition) is 1. The first-order valence-electron chi connectivity index (χ1n) is 4.24. The Morgan fingerprint density at radius 3 is 2.38 bits per heavy atom. The molecule has 1 aliphatic heterocycles. The van der Waals surface area contributed by atoms with Crippen molar-refractivity contribution in [1.29, 1.82) is 0 Å². The van der Waals surface area contributed by atoms with Crippen molar-refractivity contribution in [2.75, 3.05) is 20.1 Å². The standard InChI is InChI=1S/C9H13F2NO/c1-12-6-4-9(13,5-7-12)3-2-8(10)11/h8,13H,4-7H2,1H3. The number of hydrogen-bond acceptors (Lipinski definition) is 2. The van der Waals surface area contributed by atoms with Gasteiger partial charge in [-0.3, -0.25) is 0 Å². The highest BCUT2D eigenvalue weighted by Crippen LogP contribution is 2.20. The van der Waals surface area contributed by atoms with Crippen LogP contribution >= 0.6 is 0 Å². The molecule has 13 heavy (non-hydrogen) atoms. The van der Waals surface area contributed by atoms with Crippen LogP contribution in [0.5, 0.6) is 0 Å². The van der Waals surface area contributed by atoms with E-state index in [-0.39, 0.29) is 0 Å². The van der Waals surface area contributed by atoms with Gasteiger partial charge in [0, 0.05) is 25.9 Å². The van der Waals surface area contributed by atoms with Gasteiger partial charge in [-0.25, -0.2) is 0 Å². The van der Waals surface area contributed by atoms with Gasteiger partial charge in [0.05, 0.1) is 0 Å². The minimum absolute atomic E-state index is 0.448. The summed E-state index contributed by atoms with van der Waals surface area (Å²) in [5.41, 5.74) is -1.19. The Balaban J connectivity index is 2.54. The lowest BCUT2D eigenvalue weighted by Gasteiger charge is -2.32. The summed E-state index contributed by atoms with van der Waals surface area (Å²) in [7, 11) is 1.93. The molecule has 1 rings (SSSR count). The molecule has 0 aromatic heterocycles. The normalized spacial score (nSPS) is 22.5. The Labute approximate surface area is 76.5 Å². The molecular formula is C9H13F2NO. The lowest BCUT2D eigenvalue weighted by Crippen LogP contribution is -2.41. The van der Waals surface area contributed by atoms with Gasteiger partial charge in [-0.2, -0.15) is 8.78 Å². The lowest BCUT2D eigenvalue weighted by molar-refractivity contribution is 0.0344. The average Bonchev–Trinajstić information content (AvgIpc) is 2.08. The smallest absolute Gasteiger partial charge is 0.298 e. The Hall–Kier alpha value is -0.660. The summed E-state index contributed by atoms with van der Waals surface area (Å²) in [5, 5.41) is 9.70. The molecule has 0 saturated carbocycles. The quantitative estimate of drug-likeness (QED) is 0.567. The van der Waals surface area contributed by atoms with E-state index in [1.165, 1.54) is 0 Å². The van der Waals surface area contributed by atoms with Gasteiger partial charge < -0.3 is 10.0 Å². The fraction of sp³-hybridized carbons (Fsp3) is 0.778. The lowest BCUT2D eigenvalue weighted by atomic mass is 9.92. The highest BCUT2D eigenvalue weighted by Gasteiger charge is 2.29. The van der Waals surface area contributed by atoms with Gasteiger partial charge in [0.25, 0.3) is 6.43 Å². The summed E-state index contributed by atoms with van der Waals surface area (Å²) in [6.45, 7) is 1.41. The zero-order chi connectivity index (χ0) is 9.90. The molecule has 0 unspecified atom stereocenters. The molecule has 1 N–H and O–H groups in total. The van der Waals surface area contributed by atoms with Crippen molar-refractivity contribution in [1.82, 2.24) is 4.90 Å². The first kappa shape index (κ1) is 10.4. The van der Waals surface area contributed by atoms with E-state index in [1.807, 2.05) is 11.9 Å². The molecule has 0 bridgehead atoms. The topological polar surface area (TPSA) is 23.5 Å². The molecule has 0 aromatic rings. The van der Waals surface area contributed by atoms with Gasteiger partial charge >= 0.3 is 0 Å². The molecular weight excluding hydrogens is 176 g/mol. The summed E-state index contributed by atoms with van der Waals surface area (Å²) in [6, 6.07) is 0. The maximum atomic E-state index is 11.7. The summed E-state index contributed by atoms with van der Waals surface area (Å²) in [6.07, 6.45) is -1.75. The Bertz CT molecular complexity index is 224. The summed E-state index contributed by atoms with van der Waals surface area (Å²) in [4.78, 5) is 2.04. The zero-order valence-electron chi connectivity index (χ0n) is 7.56. The molecule has 0 radical (unpaired) electrons. The van der Waals surface area contributed by atoms with Crippen molar-refractivity contribution in [3.05, 3.63) is 0 Å². The van der Waals surface area contributed by atoms with Crippen LogP contribution in [0.15, 0.2) is 0 Å². The van der Waals surface area contributed by atoms with Crippen LogP contribution in [0, 0.1) is 11.8 Å². The highest BCUT2D eigenvalue weighted by atomic mass is 19.3. The second-order valence-electron chi connectivity index (χ2n) is 3.40. The molecule has 2 nitrogen and oxygen atoms in total. The molecule has 1 aliphatic rings. The van der Waals surface area contributed by atoms with Crippen molar-refractivity contribution in [3.63, 3.8) is 0 Å². The Morgan fingerprint density at radius 1 is 1.38 bits per heavy atom. The molecule has 0 atom stereocenters. The van der Waals surface area contributed by atoms with Gasteiger partial charge in [-0.15, -0.1) is 0 Å². The van der Waals surface area contributed by atoms with E-state index in [1.54, 1.807) is 5.92 Å². The van der Waals surface area contributed by atoms with E-state index in [0.29, 0.717) is 25.9 Å². The molecule has 0 spiro atoms. The molecule has 1 fully saturated rings. The number of aliphatic hydroxyl groups is 1. The summed E-state index contributed by atoms with van der Waals surface area (Å²) in [5.74, 6) is 3.97. The van der Waals surface area contributed by atoms with Gasteiger partial charge in [0.2, 0.25) is 0 Å². The monoisotopic (exact) mass is 189 g/mol. The van der Waals surface area contributed by atoms with Crippen LogP contribution in [0.3, 0.4) is 0 Å². The van der Waals surface area contributed by atoms with Crippen molar-refractivity contribution in [2.24, 2.45) is 0 Å². The van der Waals surface area contributed by atoms with Gasteiger partial charge in [0.1, 0.15) is 5.60 Å². The molecule has 1 heterocycles. The van der Waals surface area contributed by atoms with Crippen molar-refractivity contribution in [3.8, 4) is 11.8 Å². The zero-order valence-corrected chi connectivity index (χ0v) is 7.56. The Kier molecular flexibility index (Phi) is 3.23. The summed E-state index contributed by atoms with van der Waals surface area (Å²) < 4.78 is 23.5. The van der Waals surface area contributed by atoms with E-state index in [0.717, 1.165) is 0 Å². The fourth-order valence-electron chi connectivity index (χ4n) is 1.30. The number of rotatable bonds is 0. The number of nitrogens with zero attached hydrogens (tertiary/aromatic N) is 1. The molecule has 1 saturated heterocycles. The third kappa shape index (κ3) is 3.29. The SMILES string of the molecule is CN1CCC(O)(C#CC(F)F)CC1. The third-order valence-electron chi connectivity index (χ3n) is 2.23. The maximum absolute atomic E-state index is 11.7. The van der Waals surface area contributed by atoms with Crippen molar-refractivity contribution >= 4 is 0 Å². The van der Waals surface area contributed by atoms with Crippen LogP contribution in [-0.4, -0.2) is 42.2 Å². The first-order chi connectivity index (χ1) is 6.02. The van der Waals surface area contributed by atoms with Crippen LogP contribution in [0.25, 0.3) is 0 Å². The number of likely N-dealkylation sites (tertiary alicyclic amines) is 1. The van der Waals surface area contributed by atoms with Crippen LogP contribution in [-0.2, 0) is 0 Å². The van der Waals surface area contributed by atoms with Crippen molar-refractivity contribution < 1.29 is 13.9 Å². The number of halogens is 2. The fourth-order valence-corrected chi connectivity index (χ4v) is 1.30. The second kappa shape index (κ2) is 4.03. The molecule has 0 amide bonds. The van der Waals surface area contributed by atoms with E-state index in [2.05, 4.69) is 5.92 Å². The van der Waals surface area contributed by atoms with E-state index < -0.39 is 12.0 Å². The second-order valence-corrected chi connectivity index (χ2v) is 3.40. The van der Waals surface area contributed by atoms with E-state index >= 15 is 0 Å². The van der Waals surface area contributed by atoms with Gasteiger partial charge in [-0.1, -0.05) is 5.92 Å². The molecule has 0 aliphatic carbocycles. The summed E-state index contributed by atoms with van der Waals surface area (Å²) >= 11 is 0. The number of alkyl halides is 2. The molecule has 74 valence electrons. The van der Waals surface area contributed by atoms with Gasteiger partial charge in [0.15, 0.2) is 0 Å². The minimum atomic E-state index is -2.65. The van der Waals surface area contributed by atoms with Crippen LogP contribution in [0.4, 0.5) is 8.78 Å². The predicted molar refractivity (Wildman–Crippen MR) is 45.5 cm³/mol. The highest BCUT2D eigenvalue weighted by molar-refractivity contribution is 5.16. The van der Waals surface area contributed by atoms with Crippen LogP contribution < -0.4 is 0 Å². The average molecular weight is 189 g/mol. The van der Waals surface area contributed by atoms with E-state index in [4.69, 9.17) is 0 Å². The van der Waals surface area contributed by atoms with E-state index in [9.17, 15) is 13.9 Å². The minimum Gasteiger partial charge on any atom is -0.378 e. The maximum Gasteiger partial charge on any atom is 0.298 e. The largest absolute Gasteiger partial charge is 0.378 e.